The van der Waals surface area contributed by atoms with E-state index in [0.29, 0.717) is 0 Å². The van der Waals surface area contributed by atoms with Gasteiger partial charge in [-0.05, 0) is 0 Å². The van der Waals surface area contributed by atoms with Crippen LogP contribution in [0.4, 0.5) is 0 Å². The zero-order valence-corrected chi connectivity index (χ0v) is 11.3. The molecule has 0 aromatic rings. The summed E-state index contributed by atoms with van der Waals surface area (Å²) in [6, 6.07) is 0. The van der Waals surface area contributed by atoms with Gasteiger partial charge in [-0.1, -0.05) is 6.92 Å². The molecule has 0 fully saturated rings. The summed E-state index contributed by atoms with van der Waals surface area (Å²) >= 11 is 0. The predicted octanol–water partition coefficient (Wildman–Crippen LogP) is -8.87. The van der Waals surface area contributed by atoms with Gasteiger partial charge in [0.1, 0.15) is 0 Å². The van der Waals surface area contributed by atoms with Gasteiger partial charge in [-0.15, -0.1) is 0 Å². The summed E-state index contributed by atoms with van der Waals surface area (Å²) < 4.78 is 0. The largest absolute Gasteiger partial charge is 1.00 e. The van der Waals surface area contributed by atoms with Crippen LogP contribution in [-0.4, -0.2) is 11.9 Å². The molecular weight excluding hydrogens is 174 g/mol. The van der Waals surface area contributed by atoms with Crippen molar-refractivity contribution >= 4 is 11.9 Å². The maximum Gasteiger partial charge on any atom is 1.00 e. The Labute approximate surface area is 123 Å². The van der Waals surface area contributed by atoms with Gasteiger partial charge in [0, 0.05) is 17.9 Å². The van der Waals surface area contributed by atoms with E-state index in [-0.39, 0.29) is 80.9 Å². The molecule has 0 saturated carbocycles. The fourth-order valence-corrected chi connectivity index (χ4v) is 0.0962. The maximum atomic E-state index is 9.61. The minimum atomic E-state index is -1.62. The van der Waals surface area contributed by atoms with E-state index in [1.807, 2.05) is 0 Å². The molecule has 0 aromatic heterocycles. The Kier molecular flexibility index (Phi) is 15.3. The van der Waals surface area contributed by atoms with E-state index in [1.54, 1.807) is 0 Å². The Morgan fingerprint density at radius 1 is 1.20 bits per heavy atom. The van der Waals surface area contributed by atoms with E-state index in [9.17, 15) is 19.8 Å². The molecular formula is C4H4KNaO4. The molecule has 0 saturated heterocycles. The summed E-state index contributed by atoms with van der Waals surface area (Å²) in [4.78, 5) is 19.2. The fourth-order valence-electron chi connectivity index (χ4n) is 0.0962. The Hall–Kier alpha value is 1.58. The summed E-state index contributed by atoms with van der Waals surface area (Å²) in [7, 11) is 0. The van der Waals surface area contributed by atoms with Gasteiger partial charge in [-0.25, -0.2) is 0 Å². The van der Waals surface area contributed by atoms with Gasteiger partial charge in [-0.2, -0.15) is 0 Å². The van der Waals surface area contributed by atoms with Crippen molar-refractivity contribution < 1.29 is 101 Å². The van der Waals surface area contributed by atoms with Gasteiger partial charge in [0.05, 0.1) is 0 Å². The van der Waals surface area contributed by atoms with Crippen LogP contribution in [0.1, 0.15) is 6.92 Å². The molecule has 0 amide bonds. The van der Waals surface area contributed by atoms with Crippen molar-refractivity contribution in [1.29, 1.82) is 0 Å². The van der Waals surface area contributed by atoms with Crippen LogP contribution in [0.5, 0.6) is 0 Å². The Morgan fingerprint density at radius 2 is 1.40 bits per heavy atom. The van der Waals surface area contributed by atoms with Crippen molar-refractivity contribution in [3.05, 3.63) is 0 Å². The molecule has 10 heavy (non-hydrogen) atoms. The van der Waals surface area contributed by atoms with E-state index >= 15 is 0 Å². The third kappa shape index (κ3) is 7.68. The molecule has 0 aliphatic heterocycles. The quantitative estimate of drug-likeness (QED) is 0.310. The molecule has 46 valence electrons. The molecule has 0 rings (SSSR count). The molecule has 6 heteroatoms. The van der Waals surface area contributed by atoms with Gasteiger partial charge in [0.2, 0.25) is 0 Å². The molecule has 0 N–H and O–H groups in total. The minimum Gasteiger partial charge on any atom is -0.549 e. The van der Waals surface area contributed by atoms with Crippen LogP contribution in [-0.2, 0) is 9.59 Å². The van der Waals surface area contributed by atoms with Crippen LogP contribution in [0.2, 0.25) is 0 Å². The SMILES string of the molecule is CC(C(=O)[O-])C(=O)[O-].[K+].[Na+]. The summed E-state index contributed by atoms with van der Waals surface area (Å²) in [5, 5.41) is 19.2. The van der Waals surface area contributed by atoms with E-state index in [2.05, 4.69) is 0 Å². The number of carbonyl (C=O) groups is 2. The van der Waals surface area contributed by atoms with Gasteiger partial charge >= 0.3 is 80.9 Å². The van der Waals surface area contributed by atoms with Crippen molar-refractivity contribution in [2.45, 2.75) is 6.92 Å². The maximum absolute atomic E-state index is 9.61. The van der Waals surface area contributed by atoms with Gasteiger partial charge in [0.25, 0.3) is 0 Å². The Morgan fingerprint density at radius 3 is 1.40 bits per heavy atom. The number of hydrogen-bond acceptors (Lipinski definition) is 4. The Bertz CT molecular complexity index is 112. The van der Waals surface area contributed by atoms with Crippen LogP contribution in [0, 0.1) is 5.92 Å². The van der Waals surface area contributed by atoms with E-state index in [1.165, 1.54) is 0 Å². The van der Waals surface area contributed by atoms with Crippen molar-refractivity contribution in [2.24, 2.45) is 5.92 Å². The number of carboxylic acids is 2. The van der Waals surface area contributed by atoms with E-state index < -0.39 is 17.9 Å². The molecule has 0 aliphatic rings. The minimum absolute atomic E-state index is 0. The second-order valence-electron chi connectivity index (χ2n) is 1.36. The summed E-state index contributed by atoms with van der Waals surface area (Å²) in [6.07, 6.45) is 0. The van der Waals surface area contributed by atoms with Gasteiger partial charge in [0.15, 0.2) is 0 Å². The summed E-state index contributed by atoms with van der Waals surface area (Å²) in [5.74, 6) is -4.76. The smallest absolute Gasteiger partial charge is 0.549 e. The van der Waals surface area contributed by atoms with Crippen LogP contribution in [0.15, 0.2) is 0 Å². The number of carbonyl (C=O) groups excluding carboxylic acids is 2. The van der Waals surface area contributed by atoms with E-state index in [0.717, 1.165) is 6.92 Å². The molecule has 0 spiro atoms. The first-order valence-corrected chi connectivity index (χ1v) is 1.97. The van der Waals surface area contributed by atoms with Crippen molar-refractivity contribution in [3.8, 4) is 0 Å². The van der Waals surface area contributed by atoms with Crippen molar-refractivity contribution in [2.75, 3.05) is 0 Å². The first-order valence-electron chi connectivity index (χ1n) is 1.97. The molecule has 0 heterocycles. The van der Waals surface area contributed by atoms with Gasteiger partial charge < -0.3 is 19.8 Å². The normalized spacial score (nSPS) is 7.40. The topological polar surface area (TPSA) is 80.3 Å². The molecule has 4 nitrogen and oxygen atoms in total. The predicted molar refractivity (Wildman–Crippen MR) is 19.2 cm³/mol. The number of aliphatic carboxylic acids is 2. The second-order valence-corrected chi connectivity index (χ2v) is 1.36. The van der Waals surface area contributed by atoms with Gasteiger partial charge in [-0.3, -0.25) is 0 Å². The molecule has 0 bridgehead atoms. The van der Waals surface area contributed by atoms with Crippen LogP contribution in [0.3, 0.4) is 0 Å². The van der Waals surface area contributed by atoms with Crippen LogP contribution < -0.4 is 91.2 Å². The van der Waals surface area contributed by atoms with Crippen LogP contribution in [0.25, 0.3) is 0 Å². The average Bonchev–Trinajstić information content (AvgIpc) is 1.64. The third-order valence-corrected chi connectivity index (χ3v) is 0.707. The molecule has 0 aliphatic carbocycles. The number of rotatable bonds is 2. The van der Waals surface area contributed by atoms with Crippen LogP contribution >= 0.6 is 0 Å². The first kappa shape index (κ1) is 17.6. The monoisotopic (exact) mass is 178 g/mol. The van der Waals surface area contributed by atoms with Crippen molar-refractivity contribution in [1.82, 2.24) is 0 Å². The zero-order valence-electron chi connectivity index (χ0n) is 6.21. The second kappa shape index (κ2) is 8.67. The zero-order chi connectivity index (χ0) is 6.73. The number of carboxylic acid groups (broad SMARTS) is 2. The summed E-state index contributed by atoms with van der Waals surface area (Å²) in [5.41, 5.74) is 0. The fraction of sp³-hybridized carbons (Fsp3) is 0.500. The molecule has 0 atom stereocenters. The number of hydrogen-bond donors (Lipinski definition) is 0. The molecule has 0 radical (unpaired) electrons. The molecule has 0 unspecified atom stereocenters. The standard InChI is InChI=1S/C4H6O4.K.Na/c1-2(3(5)6)4(7)8;;/h2H,1H3,(H,5,6)(H,7,8);;/q;2*+1/p-2. The molecule has 0 aromatic carbocycles. The Balaban J connectivity index is -0.000000245. The third-order valence-electron chi connectivity index (χ3n) is 0.707. The van der Waals surface area contributed by atoms with E-state index in [4.69, 9.17) is 0 Å². The summed E-state index contributed by atoms with van der Waals surface area (Å²) in [6.45, 7) is 0.991. The first-order chi connectivity index (χ1) is 3.55. The van der Waals surface area contributed by atoms with Crippen molar-refractivity contribution in [3.63, 3.8) is 0 Å². The average molecular weight is 178 g/mol.